The van der Waals surface area contributed by atoms with Gasteiger partial charge in [0.2, 0.25) is 0 Å². The number of rotatable bonds is 3. The molecule has 96 valence electrons. The summed E-state index contributed by atoms with van der Waals surface area (Å²) in [4.78, 5) is 0. The van der Waals surface area contributed by atoms with Crippen molar-refractivity contribution >= 4 is 0 Å². The van der Waals surface area contributed by atoms with Gasteiger partial charge in [-0.05, 0) is 25.8 Å². The van der Waals surface area contributed by atoms with Gasteiger partial charge in [0.15, 0.2) is 0 Å². The lowest BCUT2D eigenvalue weighted by Crippen LogP contribution is -2.29. The Balaban J connectivity index is 1.81. The van der Waals surface area contributed by atoms with Crippen LogP contribution in [0.4, 0.5) is 0 Å². The molecule has 3 heteroatoms. The van der Waals surface area contributed by atoms with Crippen molar-refractivity contribution in [1.82, 2.24) is 15.1 Å². The van der Waals surface area contributed by atoms with Crippen molar-refractivity contribution in [2.45, 2.75) is 64.5 Å². The standard InChI is InChI=1S/C14H25N3/c1-12-10-14(17(2)16-12)11-15-13-8-6-4-3-5-7-9-13/h10,13,15H,3-9,11H2,1-2H3. The van der Waals surface area contributed by atoms with Crippen LogP contribution in [0.1, 0.15) is 56.3 Å². The molecule has 0 saturated heterocycles. The summed E-state index contributed by atoms with van der Waals surface area (Å²) >= 11 is 0. The molecule has 1 aromatic heterocycles. The van der Waals surface area contributed by atoms with Gasteiger partial charge in [-0.2, -0.15) is 5.10 Å². The molecule has 0 amide bonds. The van der Waals surface area contributed by atoms with Gasteiger partial charge >= 0.3 is 0 Å². The third-order valence-corrected chi connectivity index (χ3v) is 3.78. The average Bonchev–Trinajstić information content (AvgIpc) is 2.56. The summed E-state index contributed by atoms with van der Waals surface area (Å²) in [5, 5.41) is 8.08. The molecule has 1 aliphatic rings. The van der Waals surface area contributed by atoms with Crippen molar-refractivity contribution in [3.63, 3.8) is 0 Å². The van der Waals surface area contributed by atoms with Crippen molar-refractivity contribution < 1.29 is 0 Å². The minimum Gasteiger partial charge on any atom is -0.308 e. The molecule has 0 spiro atoms. The van der Waals surface area contributed by atoms with Crippen LogP contribution in [0.15, 0.2) is 6.07 Å². The predicted molar refractivity (Wildman–Crippen MR) is 70.9 cm³/mol. The Morgan fingerprint density at radius 1 is 1.24 bits per heavy atom. The molecule has 0 bridgehead atoms. The Kier molecular flexibility index (Phi) is 4.60. The molecule has 1 saturated carbocycles. The smallest absolute Gasteiger partial charge is 0.0597 e. The van der Waals surface area contributed by atoms with E-state index in [1.54, 1.807) is 0 Å². The van der Waals surface area contributed by atoms with Crippen LogP contribution in [-0.4, -0.2) is 15.8 Å². The Morgan fingerprint density at radius 2 is 1.88 bits per heavy atom. The van der Waals surface area contributed by atoms with Gasteiger partial charge in [0, 0.05) is 19.6 Å². The van der Waals surface area contributed by atoms with Crippen molar-refractivity contribution in [1.29, 1.82) is 0 Å². The first-order valence-electron chi connectivity index (χ1n) is 6.98. The lowest BCUT2D eigenvalue weighted by molar-refractivity contribution is 0.385. The van der Waals surface area contributed by atoms with E-state index in [4.69, 9.17) is 0 Å². The van der Waals surface area contributed by atoms with Crippen molar-refractivity contribution in [2.24, 2.45) is 7.05 Å². The van der Waals surface area contributed by atoms with E-state index in [1.807, 2.05) is 11.7 Å². The molecular weight excluding hydrogens is 210 g/mol. The quantitative estimate of drug-likeness (QED) is 0.873. The summed E-state index contributed by atoms with van der Waals surface area (Å²) in [6.07, 6.45) is 9.75. The maximum Gasteiger partial charge on any atom is 0.0597 e. The van der Waals surface area contributed by atoms with Crippen molar-refractivity contribution in [3.05, 3.63) is 17.5 Å². The predicted octanol–water partition coefficient (Wildman–Crippen LogP) is 2.93. The monoisotopic (exact) mass is 235 g/mol. The van der Waals surface area contributed by atoms with E-state index < -0.39 is 0 Å². The summed E-state index contributed by atoms with van der Waals surface area (Å²) in [7, 11) is 2.03. The first-order chi connectivity index (χ1) is 8.25. The molecule has 1 aromatic rings. The molecule has 1 aliphatic carbocycles. The van der Waals surface area contributed by atoms with Crippen LogP contribution in [0.2, 0.25) is 0 Å². The highest BCUT2D eigenvalue weighted by atomic mass is 15.3. The van der Waals surface area contributed by atoms with Crippen LogP contribution in [-0.2, 0) is 13.6 Å². The second kappa shape index (κ2) is 6.20. The zero-order valence-corrected chi connectivity index (χ0v) is 11.2. The highest BCUT2D eigenvalue weighted by molar-refractivity contribution is 5.08. The fraction of sp³-hybridized carbons (Fsp3) is 0.786. The second-order valence-electron chi connectivity index (χ2n) is 5.32. The van der Waals surface area contributed by atoms with Crippen molar-refractivity contribution in [2.75, 3.05) is 0 Å². The molecule has 3 nitrogen and oxygen atoms in total. The topological polar surface area (TPSA) is 29.9 Å². The van der Waals surface area contributed by atoms with Gasteiger partial charge in [-0.25, -0.2) is 0 Å². The van der Waals surface area contributed by atoms with E-state index in [0.717, 1.165) is 12.2 Å². The molecule has 0 aromatic carbocycles. The van der Waals surface area contributed by atoms with Gasteiger partial charge in [0.1, 0.15) is 0 Å². The van der Waals surface area contributed by atoms with E-state index >= 15 is 0 Å². The van der Waals surface area contributed by atoms with Crippen LogP contribution >= 0.6 is 0 Å². The van der Waals surface area contributed by atoms with Gasteiger partial charge < -0.3 is 5.32 Å². The summed E-state index contributed by atoms with van der Waals surface area (Å²) in [6.45, 7) is 3.02. The van der Waals surface area contributed by atoms with E-state index in [1.165, 1.54) is 50.6 Å². The molecular formula is C14H25N3. The molecule has 17 heavy (non-hydrogen) atoms. The zero-order chi connectivity index (χ0) is 12.1. The Labute approximate surface area is 105 Å². The first-order valence-corrected chi connectivity index (χ1v) is 6.98. The van der Waals surface area contributed by atoms with E-state index in [0.29, 0.717) is 6.04 Å². The number of nitrogens with zero attached hydrogens (tertiary/aromatic N) is 2. The lowest BCUT2D eigenvalue weighted by atomic mass is 9.97. The fourth-order valence-electron chi connectivity index (χ4n) is 2.74. The second-order valence-corrected chi connectivity index (χ2v) is 5.32. The maximum absolute atomic E-state index is 4.38. The minimum absolute atomic E-state index is 0.713. The van der Waals surface area contributed by atoms with Crippen LogP contribution in [0.25, 0.3) is 0 Å². The highest BCUT2D eigenvalue weighted by Gasteiger charge is 2.11. The van der Waals surface area contributed by atoms with Gasteiger partial charge in [-0.3, -0.25) is 4.68 Å². The average molecular weight is 235 g/mol. The molecule has 1 fully saturated rings. The molecule has 0 radical (unpaired) electrons. The summed E-state index contributed by atoms with van der Waals surface area (Å²) in [5.41, 5.74) is 2.41. The third kappa shape index (κ3) is 3.84. The maximum atomic E-state index is 4.38. The van der Waals surface area contributed by atoms with E-state index in [9.17, 15) is 0 Å². The number of hydrogen-bond acceptors (Lipinski definition) is 2. The van der Waals surface area contributed by atoms with E-state index in [-0.39, 0.29) is 0 Å². The largest absolute Gasteiger partial charge is 0.308 e. The fourth-order valence-corrected chi connectivity index (χ4v) is 2.74. The van der Waals surface area contributed by atoms with Crippen LogP contribution in [0.5, 0.6) is 0 Å². The minimum atomic E-state index is 0.713. The zero-order valence-electron chi connectivity index (χ0n) is 11.2. The van der Waals surface area contributed by atoms with E-state index in [2.05, 4.69) is 23.4 Å². The Bertz CT molecular complexity index is 335. The molecule has 1 N–H and O–H groups in total. The summed E-state index contributed by atoms with van der Waals surface area (Å²) < 4.78 is 1.99. The van der Waals surface area contributed by atoms with Gasteiger partial charge in [-0.15, -0.1) is 0 Å². The molecule has 1 heterocycles. The normalized spacial score (nSPS) is 18.9. The SMILES string of the molecule is Cc1cc(CNC2CCCCCCC2)n(C)n1. The number of nitrogens with one attached hydrogen (secondary N) is 1. The number of aromatic nitrogens is 2. The summed E-state index contributed by atoms with van der Waals surface area (Å²) in [6, 6.07) is 2.89. The number of hydrogen-bond donors (Lipinski definition) is 1. The lowest BCUT2D eigenvalue weighted by Gasteiger charge is -2.21. The number of aryl methyl sites for hydroxylation is 2. The van der Waals surface area contributed by atoms with Crippen LogP contribution in [0, 0.1) is 6.92 Å². The van der Waals surface area contributed by atoms with Gasteiger partial charge in [0.25, 0.3) is 0 Å². The van der Waals surface area contributed by atoms with Gasteiger partial charge in [0.05, 0.1) is 11.4 Å². The first kappa shape index (κ1) is 12.6. The highest BCUT2D eigenvalue weighted by Crippen LogP contribution is 2.17. The molecule has 0 unspecified atom stereocenters. The van der Waals surface area contributed by atoms with Crippen LogP contribution in [0.3, 0.4) is 0 Å². The molecule has 0 aliphatic heterocycles. The van der Waals surface area contributed by atoms with Gasteiger partial charge in [-0.1, -0.05) is 32.1 Å². The Morgan fingerprint density at radius 3 is 2.47 bits per heavy atom. The Hall–Kier alpha value is -0.830. The summed E-state index contributed by atoms with van der Waals surface area (Å²) in [5.74, 6) is 0. The molecule has 0 atom stereocenters. The third-order valence-electron chi connectivity index (χ3n) is 3.78. The molecule has 2 rings (SSSR count). The van der Waals surface area contributed by atoms with Crippen LogP contribution < -0.4 is 5.32 Å². The van der Waals surface area contributed by atoms with Crippen molar-refractivity contribution in [3.8, 4) is 0 Å².